The Labute approximate surface area is 252 Å². The third kappa shape index (κ3) is 5.32. The molecule has 3 heterocycles. The number of fused-ring (bicyclic) bond motifs is 2. The first kappa shape index (κ1) is 27.4. The van der Waals surface area contributed by atoms with Crippen molar-refractivity contribution in [2.45, 2.75) is 26.5 Å². The van der Waals surface area contributed by atoms with Crippen molar-refractivity contribution in [3.05, 3.63) is 130 Å². The number of hydrogen-bond acceptors (Lipinski definition) is 7. The normalized spacial score (nSPS) is 15.1. The highest BCUT2D eigenvalue weighted by atomic mass is 79.9. The molecule has 0 saturated heterocycles. The fraction of sp³-hybridized carbons (Fsp3) is 0.156. The molecule has 0 bridgehead atoms. The number of rotatable bonds is 7. The van der Waals surface area contributed by atoms with Crippen LogP contribution in [0.25, 0.3) is 16.8 Å². The first-order chi connectivity index (χ1) is 19.9. The van der Waals surface area contributed by atoms with Crippen molar-refractivity contribution in [2.75, 3.05) is 6.61 Å². The zero-order valence-electron chi connectivity index (χ0n) is 22.3. The van der Waals surface area contributed by atoms with Crippen molar-refractivity contribution in [2.24, 2.45) is 4.99 Å². The second-order valence-corrected chi connectivity index (χ2v) is 12.3. The monoisotopic (exact) mass is 644 g/mol. The summed E-state index contributed by atoms with van der Waals surface area (Å²) in [4.78, 5) is 33.2. The lowest BCUT2D eigenvalue weighted by Crippen LogP contribution is -2.39. The van der Waals surface area contributed by atoms with Crippen LogP contribution in [0.5, 0.6) is 5.75 Å². The number of aromatic nitrogens is 1. The number of nitrogens with zero attached hydrogens (tertiary/aromatic N) is 2. The number of esters is 1. The number of thiazole rings is 1. The highest BCUT2D eigenvalue weighted by Crippen LogP contribution is 2.33. The maximum absolute atomic E-state index is 14.1. The molecule has 0 aliphatic carbocycles. The summed E-state index contributed by atoms with van der Waals surface area (Å²) in [5, 5.41) is 3.96. The van der Waals surface area contributed by atoms with E-state index in [1.807, 2.05) is 84.3 Å². The van der Waals surface area contributed by atoms with Gasteiger partial charge in [-0.25, -0.2) is 9.79 Å². The molecule has 1 atom stereocenters. The Balaban J connectivity index is 1.51. The second kappa shape index (κ2) is 11.6. The lowest BCUT2D eigenvalue weighted by molar-refractivity contribution is -0.139. The molecule has 0 saturated carbocycles. The van der Waals surface area contributed by atoms with Crippen LogP contribution in [0.3, 0.4) is 0 Å². The topological polar surface area (TPSA) is 69.9 Å². The Morgan fingerprint density at radius 3 is 2.63 bits per heavy atom. The minimum absolute atomic E-state index is 0.215. The largest absolute Gasteiger partial charge is 0.488 e. The van der Waals surface area contributed by atoms with E-state index in [0.29, 0.717) is 33.0 Å². The van der Waals surface area contributed by atoms with Crippen molar-refractivity contribution >= 4 is 61.4 Å². The van der Waals surface area contributed by atoms with Crippen molar-refractivity contribution in [3.8, 4) is 5.75 Å². The molecule has 1 aliphatic heterocycles. The summed E-state index contributed by atoms with van der Waals surface area (Å²) in [7, 11) is 0. The number of carbonyl (C=O) groups is 1. The number of carbonyl (C=O) groups excluding carboxylic acids is 1. The molecule has 0 amide bonds. The fourth-order valence-corrected chi connectivity index (χ4v) is 7.05. The number of thiophene rings is 1. The molecule has 6 rings (SSSR count). The van der Waals surface area contributed by atoms with E-state index in [0.717, 1.165) is 31.2 Å². The maximum Gasteiger partial charge on any atom is 0.338 e. The van der Waals surface area contributed by atoms with Gasteiger partial charge in [-0.15, -0.1) is 11.3 Å². The molecular formula is C32H25BrN2O4S2. The number of allylic oxidation sites excluding steroid dienone is 1. The van der Waals surface area contributed by atoms with E-state index in [1.165, 1.54) is 22.7 Å². The standard InChI is InChI=1S/C32H25BrN2O4S2/c1-3-38-31(37)28-19(2)34-32-35(29(28)26-9-6-16-40-26)30(36)27(41-32)17-24-23-8-5-4-7-21(23)12-15-25(24)39-18-20-10-13-22(33)14-11-20/h4-17,29H,3,18H2,1-2H3/b27-17-/t29-/m0/s1. The zero-order valence-corrected chi connectivity index (χ0v) is 25.5. The van der Waals surface area contributed by atoms with E-state index >= 15 is 0 Å². The van der Waals surface area contributed by atoms with Crippen LogP contribution < -0.4 is 19.6 Å². The van der Waals surface area contributed by atoms with Gasteiger partial charge < -0.3 is 9.47 Å². The molecule has 6 nitrogen and oxygen atoms in total. The van der Waals surface area contributed by atoms with Gasteiger partial charge in [0.05, 0.1) is 22.4 Å². The van der Waals surface area contributed by atoms with Crippen LogP contribution >= 0.6 is 38.6 Å². The highest BCUT2D eigenvalue weighted by Gasteiger charge is 2.34. The Kier molecular flexibility index (Phi) is 7.75. The molecule has 41 heavy (non-hydrogen) atoms. The van der Waals surface area contributed by atoms with Crippen LogP contribution in [-0.4, -0.2) is 17.1 Å². The third-order valence-corrected chi connectivity index (χ3v) is 9.28. The first-order valence-corrected chi connectivity index (χ1v) is 15.6. The molecule has 0 fully saturated rings. The minimum Gasteiger partial charge on any atom is -0.488 e. The quantitative estimate of drug-likeness (QED) is 0.194. The Morgan fingerprint density at radius 2 is 1.88 bits per heavy atom. The summed E-state index contributed by atoms with van der Waals surface area (Å²) in [5.74, 6) is 0.217. The van der Waals surface area contributed by atoms with E-state index in [2.05, 4.69) is 15.9 Å². The van der Waals surface area contributed by atoms with Crippen molar-refractivity contribution in [1.82, 2.24) is 4.57 Å². The Bertz CT molecular complexity index is 1970. The zero-order chi connectivity index (χ0) is 28.5. The van der Waals surface area contributed by atoms with Gasteiger partial charge in [-0.2, -0.15) is 0 Å². The SMILES string of the molecule is CCOC(=O)C1=C(C)N=c2s/c(=C\c3c(OCc4ccc(Br)cc4)ccc4ccccc34)c(=O)n2[C@H]1c1cccs1. The van der Waals surface area contributed by atoms with Crippen LogP contribution in [0.1, 0.15) is 35.9 Å². The molecule has 0 radical (unpaired) electrons. The van der Waals surface area contributed by atoms with Gasteiger partial charge in [0.1, 0.15) is 18.4 Å². The van der Waals surface area contributed by atoms with Gasteiger partial charge in [0, 0.05) is 14.9 Å². The van der Waals surface area contributed by atoms with E-state index in [-0.39, 0.29) is 12.2 Å². The number of hydrogen-bond donors (Lipinski definition) is 0. The Morgan fingerprint density at radius 1 is 1.07 bits per heavy atom. The average Bonchev–Trinajstić information content (AvgIpc) is 3.61. The van der Waals surface area contributed by atoms with Crippen LogP contribution in [-0.2, 0) is 16.1 Å². The second-order valence-electron chi connectivity index (χ2n) is 9.43. The summed E-state index contributed by atoms with van der Waals surface area (Å²) in [6.07, 6.45) is 1.89. The number of benzene rings is 3. The predicted molar refractivity (Wildman–Crippen MR) is 167 cm³/mol. The van der Waals surface area contributed by atoms with Gasteiger partial charge in [-0.1, -0.05) is 75.8 Å². The van der Waals surface area contributed by atoms with Gasteiger partial charge in [-0.05, 0) is 65.9 Å². The van der Waals surface area contributed by atoms with Crippen LogP contribution in [0, 0.1) is 0 Å². The van der Waals surface area contributed by atoms with Crippen LogP contribution in [0.15, 0.2) is 104 Å². The van der Waals surface area contributed by atoms with E-state index in [4.69, 9.17) is 14.5 Å². The lowest BCUT2D eigenvalue weighted by Gasteiger charge is -2.23. The van der Waals surface area contributed by atoms with Crippen LogP contribution in [0.2, 0.25) is 0 Å². The average molecular weight is 646 g/mol. The van der Waals surface area contributed by atoms with Gasteiger partial charge in [0.15, 0.2) is 4.80 Å². The number of halogens is 1. The molecule has 0 N–H and O–H groups in total. The number of ether oxygens (including phenoxy) is 2. The molecule has 2 aromatic heterocycles. The van der Waals surface area contributed by atoms with Gasteiger partial charge >= 0.3 is 5.97 Å². The summed E-state index contributed by atoms with van der Waals surface area (Å²) >= 11 is 6.28. The summed E-state index contributed by atoms with van der Waals surface area (Å²) < 4.78 is 14.8. The third-order valence-electron chi connectivity index (χ3n) is 6.84. The molecule has 0 unspecified atom stereocenters. The molecule has 0 spiro atoms. The molecule has 206 valence electrons. The predicted octanol–water partition coefficient (Wildman–Crippen LogP) is 6.35. The molecule has 5 aromatic rings. The minimum atomic E-state index is -0.604. The molecule has 9 heteroatoms. The summed E-state index contributed by atoms with van der Waals surface area (Å²) in [6.45, 7) is 4.18. The maximum atomic E-state index is 14.1. The lowest BCUT2D eigenvalue weighted by atomic mass is 10.0. The van der Waals surface area contributed by atoms with Crippen LogP contribution in [0.4, 0.5) is 0 Å². The highest BCUT2D eigenvalue weighted by molar-refractivity contribution is 9.10. The van der Waals surface area contributed by atoms with Gasteiger partial charge in [0.2, 0.25) is 0 Å². The molecular weight excluding hydrogens is 620 g/mol. The molecule has 1 aliphatic rings. The van der Waals surface area contributed by atoms with E-state index in [9.17, 15) is 9.59 Å². The molecule has 3 aromatic carbocycles. The van der Waals surface area contributed by atoms with Crippen molar-refractivity contribution < 1.29 is 14.3 Å². The first-order valence-electron chi connectivity index (χ1n) is 13.1. The Hall–Kier alpha value is -3.79. The van der Waals surface area contributed by atoms with E-state index in [1.54, 1.807) is 18.4 Å². The van der Waals surface area contributed by atoms with Gasteiger partial charge in [-0.3, -0.25) is 9.36 Å². The van der Waals surface area contributed by atoms with Gasteiger partial charge in [0.25, 0.3) is 5.56 Å². The summed E-state index contributed by atoms with van der Waals surface area (Å²) in [6, 6.07) is 23.2. The van der Waals surface area contributed by atoms with E-state index < -0.39 is 12.0 Å². The van der Waals surface area contributed by atoms with Crippen molar-refractivity contribution in [1.29, 1.82) is 0 Å². The fourth-order valence-electron chi connectivity index (χ4n) is 4.93. The van der Waals surface area contributed by atoms with Crippen molar-refractivity contribution in [3.63, 3.8) is 0 Å². The summed E-state index contributed by atoms with van der Waals surface area (Å²) in [5.41, 5.74) is 2.58. The smallest absolute Gasteiger partial charge is 0.338 e.